The summed E-state index contributed by atoms with van der Waals surface area (Å²) in [6, 6.07) is 15.3. The van der Waals surface area contributed by atoms with Gasteiger partial charge in [0.1, 0.15) is 22.3 Å². The molecule has 1 N–H and O–H groups in total. The predicted octanol–water partition coefficient (Wildman–Crippen LogP) is 5.19. The number of carbonyl (C=O) groups excluding carboxylic acids is 1. The minimum atomic E-state index is -3.94. The molecule has 0 radical (unpaired) electrons. The number of nitrogens with one attached hydrogen (secondary N) is 1. The maximum absolute atomic E-state index is 14.2. The Kier molecular flexibility index (Phi) is 7.52. The summed E-state index contributed by atoms with van der Waals surface area (Å²) in [6.07, 6.45) is 1.53. The molecular weight excluding hydrogens is 541 g/mol. The molecule has 1 aromatic heterocycles. The summed E-state index contributed by atoms with van der Waals surface area (Å²) in [4.78, 5) is 21.2. The summed E-state index contributed by atoms with van der Waals surface area (Å²) < 4.78 is 70.4. The molecule has 1 amide bonds. The first-order valence-electron chi connectivity index (χ1n) is 12.7. The van der Waals surface area contributed by atoms with E-state index >= 15 is 0 Å². The molecule has 0 aliphatic carbocycles. The minimum absolute atomic E-state index is 0.0459. The number of rotatable bonds is 6. The monoisotopic (exact) mass is 568 g/mol. The molecule has 2 heterocycles. The lowest BCUT2D eigenvalue weighted by molar-refractivity contribution is 0.0262. The number of halogens is 3. The standard InChI is InChI=1S/C29H27F3N4O3S/c1-18-15-35(17-24-25(31)13-22(30)14-26(24)32)16-19(2)36(18)29(37)21-8-10-23(11-9-21)34-40(38,39)27-7-3-5-20-6-4-12-33-28(20)27/h3-14,18-19,34H,15-17H2,1-2H3. The molecule has 7 nitrogen and oxygen atoms in total. The van der Waals surface area contributed by atoms with Gasteiger partial charge in [0.2, 0.25) is 0 Å². The third-order valence-corrected chi connectivity index (χ3v) is 8.40. The predicted molar refractivity (Wildman–Crippen MR) is 146 cm³/mol. The van der Waals surface area contributed by atoms with Crippen molar-refractivity contribution < 1.29 is 26.4 Å². The number of anilines is 1. The number of carbonyl (C=O) groups is 1. The van der Waals surface area contributed by atoms with Crippen molar-refractivity contribution in [2.75, 3.05) is 17.8 Å². The van der Waals surface area contributed by atoms with Crippen molar-refractivity contribution in [2.24, 2.45) is 0 Å². The third kappa shape index (κ3) is 5.52. The van der Waals surface area contributed by atoms with Gasteiger partial charge in [-0.25, -0.2) is 21.6 Å². The van der Waals surface area contributed by atoms with Crippen LogP contribution in [0, 0.1) is 17.5 Å². The molecule has 2 atom stereocenters. The van der Waals surface area contributed by atoms with Crippen molar-refractivity contribution in [2.45, 2.75) is 37.4 Å². The van der Waals surface area contributed by atoms with Crippen LogP contribution in [0.25, 0.3) is 10.9 Å². The topological polar surface area (TPSA) is 82.6 Å². The van der Waals surface area contributed by atoms with E-state index < -0.39 is 27.5 Å². The molecule has 0 spiro atoms. The van der Waals surface area contributed by atoms with Gasteiger partial charge in [-0.3, -0.25) is 19.4 Å². The van der Waals surface area contributed by atoms with Crippen LogP contribution in [0.4, 0.5) is 18.9 Å². The highest BCUT2D eigenvalue weighted by atomic mass is 32.2. The van der Waals surface area contributed by atoms with E-state index in [1.807, 2.05) is 18.7 Å². The number of aromatic nitrogens is 1. The van der Waals surface area contributed by atoms with Crippen molar-refractivity contribution in [3.05, 3.63) is 102 Å². The van der Waals surface area contributed by atoms with E-state index in [4.69, 9.17) is 0 Å². The highest BCUT2D eigenvalue weighted by Gasteiger charge is 2.34. The Morgan fingerprint density at radius 2 is 1.57 bits per heavy atom. The lowest BCUT2D eigenvalue weighted by atomic mass is 10.0. The average Bonchev–Trinajstić information content (AvgIpc) is 2.90. The van der Waals surface area contributed by atoms with Gasteiger partial charge in [-0.05, 0) is 50.2 Å². The number of benzene rings is 3. The molecule has 4 aromatic rings. The average molecular weight is 569 g/mol. The van der Waals surface area contributed by atoms with Crippen LogP contribution in [0.3, 0.4) is 0 Å². The van der Waals surface area contributed by atoms with Crippen LogP contribution in [0.1, 0.15) is 29.8 Å². The van der Waals surface area contributed by atoms with E-state index in [2.05, 4.69) is 9.71 Å². The molecule has 1 fully saturated rings. The smallest absolute Gasteiger partial charge is 0.264 e. The van der Waals surface area contributed by atoms with Crippen LogP contribution in [0.5, 0.6) is 0 Å². The largest absolute Gasteiger partial charge is 0.331 e. The van der Waals surface area contributed by atoms with Gasteiger partial charge in [0.15, 0.2) is 0 Å². The Hall–Kier alpha value is -3.96. The minimum Gasteiger partial charge on any atom is -0.331 e. The molecule has 11 heteroatoms. The first kappa shape index (κ1) is 27.6. The van der Waals surface area contributed by atoms with E-state index in [0.717, 1.165) is 0 Å². The van der Waals surface area contributed by atoms with Gasteiger partial charge in [0.05, 0.1) is 5.52 Å². The fourth-order valence-corrected chi connectivity index (χ4v) is 6.48. The molecule has 40 heavy (non-hydrogen) atoms. The third-order valence-electron chi connectivity index (χ3n) is 6.99. The molecule has 5 rings (SSSR count). The van der Waals surface area contributed by atoms with E-state index in [1.54, 1.807) is 41.3 Å². The van der Waals surface area contributed by atoms with E-state index in [-0.39, 0.29) is 35.0 Å². The number of nitrogens with zero attached hydrogens (tertiary/aromatic N) is 3. The molecule has 3 aromatic carbocycles. The van der Waals surface area contributed by atoms with Crippen molar-refractivity contribution in [1.82, 2.24) is 14.8 Å². The quantitative estimate of drug-likeness (QED) is 0.346. The van der Waals surface area contributed by atoms with E-state index in [9.17, 15) is 26.4 Å². The first-order valence-corrected chi connectivity index (χ1v) is 14.2. The van der Waals surface area contributed by atoms with Crippen molar-refractivity contribution in [1.29, 1.82) is 0 Å². The van der Waals surface area contributed by atoms with Crippen molar-refractivity contribution >= 4 is 32.5 Å². The second-order valence-electron chi connectivity index (χ2n) is 9.97. The molecule has 2 unspecified atom stereocenters. The molecule has 0 bridgehead atoms. The SMILES string of the molecule is CC1CN(Cc2c(F)cc(F)cc2F)CC(C)N1C(=O)c1ccc(NS(=O)(=O)c2cccc3cccnc23)cc1. The Balaban J connectivity index is 1.28. The van der Waals surface area contributed by atoms with Crippen molar-refractivity contribution in [3.63, 3.8) is 0 Å². The van der Waals surface area contributed by atoms with E-state index in [1.165, 1.54) is 24.4 Å². The van der Waals surface area contributed by atoms with Gasteiger partial charge in [0.25, 0.3) is 15.9 Å². The Bertz CT molecular complexity index is 1640. The fraction of sp³-hybridized carbons (Fsp3) is 0.241. The van der Waals surface area contributed by atoms with Gasteiger partial charge >= 0.3 is 0 Å². The van der Waals surface area contributed by atoms with Crippen molar-refractivity contribution in [3.8, 4) is 0 Å². The second kappa shape index (κ2) is 10.9. The van der Waals surface area contributed by atoms with Gasteiger partial charge in [-0.1, -0.05) is 18.2 Å². The Labute approximate surface area is 230 Å². The number of amides is 1. The summed E-state index contributed by atoms with van der Waals surface area (Å²) in [6.45, 7) is 4.37. The second-order valence-corrected chi connectivity index (χ2v) is 11.6. The molecular formula is C29H27F3N4O3S. The molecule has 1 aliphatic rings. The zero-order valence-corrected chi connectivity index (χ0v) is 22.6. The summed E-state index contributed by atoms with van der Waals surface area (Å²) >= 11 is 0. The van der Waals surface area contributed by atoms with Crippen LogP contribution < -0.4 is 4.72 Å². The number of piperazine rings is 1. The highest BCUT2D eigenvalue weighted by molar-refractivity contribution is 7.93. The Morgan fingerprint density at radius 3 is 2.23 bits per heavy atom. The number of hydrogen-bond donors (Lipinski definition) is 1. The maximum atomic E-state index is 14.2. The van der Waals surface area contributed by atoms with Gasteiger partial charge in [0, 0.05) is 72.2 Å². The number of pyridine rings is 1. The number of sulfonamides is 1. The van der Waals surface area contributed by atoms with Crippen LogP contribution >= 0.6 is 0 Å². The van der Waals surface area contributed by atoms with Gasteiger partial charge in [-0.2, -0.15) is 0 Å². The molecule has 1 aliphatic heterocycles. The normalized spacial score (nSPS) is 18.2. The van der Waals surface area contributed by atoms with Crippen LogP contribution in [-0.2, 0) is 16.6 Å². The maximum Gasteiger partial charge on any atom is 0.264 e. The van der Waals surface area contributed by atoms with Crippen LogP contribution in [0.15, 0.2) is 77.8 Å². The van der Waals surface area contributed by atoms with Gasteiger partial charge in [-0.15, -0.1) is 0 Å². The van der Waals surface area contributed by atoms with E-state index in [0.29, 0.717) is 47.4 Å². The van der Waals surface area contributed by atoms with Crippen LogP contribution in [0.2, 0.25) is 0 Å². The summed E-state index contributed by atoms with van der Waals surface area (Å²) in [5.41, 5.74) is 0.811. The zero-order valence-electron chi connectivity index (χ0n) is 21.8. The lowest BCUT2D eigenvalue weighted by Gasteiger charge is -2.44. The van der Waals surface area contributed by atoms with Gasteiger partial charge < -0.3 is 4.90 Å². The summed E-state index contributed by atoms with van der Waals surface area (Å²) in [5.74, 6) is -3.10. The summed E-state index contributed by atoms with van der Waals surface area (Å²) in [7, 11) is -3.94. The summed E-state index contributed by atoms with van der Waals surface area (Å²) in [5, 5.41) is 0.697. The highest BCUT2D eigenvalue weighted by Crippen LogP contribution is 2.26. The number of fused-ring (bicyclic) bond motifs is 1. The zero-order chi connectivity index (χ0) is 28.6. The fourth-order valence-electron chi connectivity index (χ4n) is 5.24. The molecule has 1 saturated heterocycles. The number of para-hydroxylation sites is 1. The lowest BCUT2D eigenvalue weighted by Crippen LogP contribution is -2.58. The number of hydrogen-bond acceptors (Lipinski definition) is 5. The molecule has 208 valence electrons. The van der Waals surface area contributed by atoms with Crippen LogP contribution in [-0.4, -0.2) is 54.3 Å². The first-order chi connectivity index (χ1) is 19.0. The Morgan fingerprint density at radius 1 is 0.950 bits per heavy atom. The molecule has 0 saturated carbocycles.